The number of halogens is 2. The predicted molar refractivity (Wildman–Crippen MR) is 167 cm³/mol. The average molecular weight is 598 g/mol. The van der Waals surface area contributed by atoms with E-state index in [1.54, 1.807) is 32.4 Å². The molecule has 0 aromatic heterocycles. The molecule has 2 amide bonds. The molecule has 0 saturated carbocycles. The molecule has 0 spiro atoms. The summed E-state index contributed by atoms with van der Waals surface area (Å²) in [6, 6.07) is 21.2. The van der Waals surface area contributed by atoms with Crippen molar-refractivity contribution in [1.82, 2.24) is 15.1 Å². The minimum absolute atomic E-state index is 0.00118. The second-order valence-corrected chi connectivity index (χ2v) is 11.1. The largest absolute Gasteiger partial charge is 0.383 e. The predicted octanol–water partition coefficient (Wildman–Crippen LogP) is 5.77. The van der Waals surface area contributed by atoms with Crippen LogP contribution in [0.1, 0.15) is 34.8 Å². The number of benzene rings is 3. The Balaban J connectivity index is 1.57. The molecule has 1 N–H and O–H groups in total. The number of likely N-dealkylation sites (tertiary alicyclic amines) is 1. The zero-order valence-electron chi connectivity index (χ0n) is 23.9. The summed E-state index contributed by atoms with van der Waals surface area (Å²) in [6.45, 7) is 4.02. The van der Waals surface area contributed by atoms with Crippen molar-refractivity contribution < 1.29 is 14.3 Å². The number of hydrogen-bond donors (Lipinski definition) is 1. The molecule has 1 aliphatic rings. The van der Waals surface area contributed by atoms with E-state index in [4.69, 9.17) is 27.9 Å². The quantitative estimate of drug-likeness (QED) is 0.287. The first-order valence-electron chi connectivity index (χ1n) is 13.9. The van der Waals surface area contributed by atoms with E-state index in [1.807, 2.05) is 41.1 Å². The van der Waals surface area contributed by atoms with Crippen LogP contribution in [-0.4, -0.2) is 82.1 Å². The fourth-order valence-corrected chi connectivity index (χ4v) is 5.47. The number of amides is 2. The van der Waals surface area contributed by atoms with Gasteiger partial charge in [0.2, 0.25) is 5.91 Å². The van der Waals surface area contributed by atoms with E-state index in [9.17, 15) is 9.59 Å². The highest BCUT2D eigenvalue weighted by Gasteiger charge is 2.27. The molecule has 1 saturated heterocycles. The van der Waals surface area contributed by atoms with Crippen LogP contribution < -0.4 is 10.2 Å². The third-order valence-corrected chi connectivity index (χ3v) is 8.37. The van der Waals surface area contributed by atoms with Crippen LogP contribution in [0.4, 0.5) is 5.69 Å². The van der Waals surface area contributed by atoms with E-state index in [1.165, 1.54) is 12.8 Å². The summed E-state index contributed by atoms with van der Waals surface area (Å²) >= 11 is 12.4. The third-order valence-electron chi connectivity index (χ3n) is 7.63. The van der Waals surface area contributed by atoms with E-state index >= 15 is 0 Å². The zero-order valence-corrected chi connectivity index (χ0v) is 25.4. The van der Waals surface area contributed by atoms with Gasteiger partial charge in [0.05, 0.1) is 29.2 Å². The van der Waals surface area contributed by atoms with Crippen molar-refractivity contribution in [3.8, 4) is 11.1 Å². The minimum Gasteiger partial charge on any atom is -0.383 e. The molecule has 41 heavy (non-hydrogen) atoms. The van der Waals surface area contributed by atoms with Gasteiger partial charge in [0.25, 0.3) is 5.91 Å². The minimum atomic E-state index is -0.120. The molecule has 1 unspecified atom stereocenters. The number of nitrogens with one attached hydrogen (secondary N) is 1. The maximum atomic E-state index is 13.8. The normalized spacial score (nSPS) is 14.1. The Morgan fingerprint density at radius 1 is 0.976 bits per heavy atom. The summed E-state index contributed by atoms with van der Waals surface area (Å²) in [5.74, 6) is -0.117. The zero-order chi connectivity index (χ0) is 29.4. The van der Waals surface area contributed by atoms with Crippen molar-refractivity contribution in [2.75, 3.05) is 65.4 Å². The maximum absolute atomic E-state index is 13.8. The van der Waals surface area contributed by atoms with Crippen LogP contribution in [0.25, 0.3) is 11.1 Å². The summed E-state index contributed by atoms with van der Waals surface area (Å²) < 4.78 is 5.32. The van der Waals surface area contributed by atoms with Gasteiger partial charge >= 0.3 is 0 Å². The van der Waals surface area contributed by atoms with Gasteiger partial charge in [-0.1, -0.05) is 59.6 Å². The van der Waals surface area contributed by atoms with Gasteiger partial charge in [-0.3, -0.25) is 9.59 Å². The standard InChI is InChI=1S/C32H38Cl2N4O3/c1-35-32(40)26-8-6-7-25(19-26)23-9-11-24(12-10-23)30(21-37-15-4-5-16-37)36(2)31(39)22-38(17-18-41-3)27-13-14-28(33)29(34)20-27/h6-14,19-20,30H,4-5,15-18,21-22H2,1-3H3,(H,35,40). The van der Waals surface area contributed by atoms with Crippen molar-refractivity contribution in [3.63, 3.8) is 0 Å². The first-order valence-corrected chi connectivity index (χ1v) is 14.7. The van der Waals surface area contributed by atoms with Gasteiger partial charge in [-0.05, 0) is 73.0 Å². The molecule has 0 aliphatic carbocycles. The Labute approximate surface area is 253 Å². The third kappa shape index (κ3) is 8.01. The van der Waals surface area contributed by atoms with Gasteiger partial charge in [0.15, 0.2) is 0 Å². The first-order chi connectivity index (χ1) is 19.8. The molecule has 1 aliphatic heterocycles. The second kappa shape index (κ2) is 14.7. The van der Waals surface area contributed by atoms with E-state index in [-0.39, 0.29) is 24.4 Å². The first kappa shape index (κ1) is 30.8. The highest BCUT2D eigenvalue weighted by Crippen LogP contribution is 2.29. The van der Waals surface area contributed by atoms with Crippen LogP contribution in [-0.2, 0) is 9.53 Å². The average Bonchev–Trinajstić information content (AvgIpc) is 3.52. The molecule has 7 nitrogen and oxygen atoms in total. The highest BCUT2D eigenvalue weighted by molar-refractivity contribution is 6.42. The molecule has 218 valence electrons. The van der Waals surface area contributed by atoms with Crippen molar-refractivity contribution in [3.05, 3.63) is 87.9 Å². The molecule has 3 aromatic rings. The number of ether oxygens (including phenoxy) is 1. The van der Waals surface area contributed by atoms with Gasteiger partial charge in [0.1, 0.15) is 0 Å². The number of rotatable bonds is 12. The van der Waals surface area contributed by atoms with Crippen LogP contribution in [0.3, 0.4) is 0 Å². The van der Waals surface area contributed by atoms with Crippen LogP contribution in [0.2, 0.25) is 10.0 Å². The van der Waals surface area contributed by atoms with E-state index in [2.05, 4.69) is 34.5 Å². The lowest BCUT2D eigenvalue weighted by atomic mass is 9.98. The molecule has 0 radical (unpaired) electrons. The van der Waals surface area contributed by atoms with Crippen molar-refractivity contribution in [2.24, 2.45) is 0 Å². The molecule has 0 bridgehead atoms. The molecule has 4 rings (SSSR count). The molecular formula is C32H38Cl2N4O3. The Bertz CT molecular complexity index is 1330. The fourth-order valence-electron chi connectivity index (χ4n) is 5.17. The summed E-state index contributed by atoms with van der Waals surface area (Å²) in [5.41, 5.74) is 4.48. The van der Waals surface area contributed by atoms with Crippen molar-refractivity contribution in [2.45, 2.75) is 18.9 Å². The molecule has 1 fully saturated rings. The lowest BCUT2D eigenvalue weighted by Crippen LogP contribution is -2.44. The molecule has 1 atom stereocenters. The summed E-state index contributed by atoms with van der Waals surface area (Å²) in [4.78, 5) is 32.2. The van der Waals surface area contributed by atoms with Crippen molar-refractivity contribution in [1.29, 1.82) is 0 Å². The van der Waals surface area contributed by atoms with Gasteiger partial charge in [-0.2, -0.15) is 0 Å². The Morgan fingerprint density at radius 3 is 2.37 bits per heavy atom. The van der Waals surface area contributed by atoms with E-state index in [0.29, 0.717) is 28.8 Å². The number of hydrogen-bond acceptors (Lipinski definition) is 5. The molecule has 1 heterocycles. The van der Waals surface area contributed by atoms with Gasteiger partial charge in [-0.25, -0.2) is 0 Å². The second-order valence-electron chi connectivity index (χ2n) is 10.3. The maximum Gasteiger partial charge on any atom is 0.251 e. The van der Waals surface area contributed by atoms with E-state index < -0.39 is 0 Å². The number of nitrogens with zero attached hydrogens (tertiary/aromatic N) is 3. The number of methoxy groups -OCH3 is 1. The van der Waals surface area contributed by atoms with Gasteiger partial charge in [-0.15, -0.1) is 0 Å². The SMILES string of the molecule is CNC(=O)c1cccc(-c2ccc(C(CN3CCCC3)N(C)C(=O)CN(CCOC)c3ccc(Cl)c(Cl)c3)cc2)c1. The molecule has 9 heteroatoms. The number of carbonyl (C=O) groups is 2. The fraction of sp³-hybridized carbons (Fsp3) is 0.375. The van der Waals surface area contributed by atoms with E-state index in [0.717, 1.165) is 42.0 Å². The number of likely N-dealkylation sites (N-methyl/N-ethyl adjacent to an activating group) is 1. The Hall–Kier alpha value is -3.10. The van der Waals surface area contributed by atoms with Gasteiger partial charge in [0, 0.05) is 45.5 Å². The topological polar surface area (TPSA) is 65.1 Å². The summed E-state index contributed by atoms with van der Waals surface area (Å²) in [7, 11) is 5.15. The van der Waals surface area contributed by atoms with Gasteiger partial charge < -0.3 is 24.8 Å². The van der Waals surface area contributed by atoms with Crippen LogP contribution in [0, 0.1) is 0 Å². The summed E-state index contributed by atoms with van der Waals surface area (Å²) in [6.07, 6.45) is 2.35. The molecule has 3 aromatic carbocycles. The van der Waals surface area contributed by atoms with Crippen molar-refractivity contribution >= 4 is 40.7 Å². The highest BCUT2D eigenvalue weighted by atomic mass is 35.5. The van der Waals surface area contributed by atoms with Crippen LogP contribution >= 0.6 is 23.2 Å². The lowest BCUT2D eigenvalue weighted by molar-refractivity contribution is -0.131. The van der Waals surface area contributed by atoms with Crippen LogP contribution in [0.15, 0.2) is 66.7 Å². The number of anilines is 1. The Kier molecular flexibility index (Phi) is 11.1. The smallest absolute Gasteiger partial charge is 0.251 e. The lowest BCUT2D eigenvalue weighted by Gasteiger charge is -2.34. The summed E-state index contributed by atoms with van der Waals surface area (Å²) in [5, 5.41) is 3.59. The Morgan fingerprint density at radius 2 is 1.71 bits per heavy atom. The van der Waals surface area contributed by atoms with Crippen LogP contribution in [0.5, 0.6) is 0 Å². The number of carbonyl (C=O) groups excluding carboxylic acids is 2. The molecular weight excluding hydrogens is 559 g/mol. The monoisotopic (exact) mass is 596 g/mol.